The monoisotopic (exact) mass is 467 g/mol. The van der Waals surface area contributed by atoms with Crippen LogP contribution in [0.3, 0.4) is 0 Å². The van der Waals surface area contributed by atoms with Gasteiger partial charge in [-0.25, -0.2) is 9.78 Å². The van der Waals surface area contributed by atoms with Gasteiger partial charge in [0.2, 0.25) is 0 Å². The first-order valence-corrected chi connectivity index (χ1v) is 11.7. The molecular weight excluding hydrogens is 438 g/mol. The van der Waals surface area contributed by atoms with Crippen molar-refractivity contribution in [1.29, 1.82) is 16.1 Å². The van der Waals surface area contributed by atoms with E-state index in [0.717, 1.165) is 35.9 Å². The molecule has 0 spiro atoms. The fourth-order valence-electron chi connectivity index (χ4n) is 3.51. The number of amides is 2. The number of carbonyl (C=O) groups excluding carboxylic acids is 1. The van der Waals surface area contributed by atoms with Crippen LogP contribution in [0.4, 0.5) is 4.79 Å². The minimum atomic E-state index is -0.222. The van der Waals surface area contributed by atoms with E-state index in [1.165, 1.54) is 0 Å². The van der Waals surface area contributed by atoms with Gasteiger partial charge in [-0.1, -0.05) is 26.0 Å². The molecule has 1 aromatic heterocycles. The first kappa shape index (κ1) is 24.3. The zero-order valence-corrected chi connectivity index (χ0v) is 19.8. The summed E-state index contributed by atoms with van der Waals surface area (Å²) in [6.45, 7) is 6.90. The summed E-state index contributed by atoms with van der Waals surface area (Å²) in [5.41, 5.74) is 2.21. The molecule has 33 heavy (non-hydrogen) atoms. The lowest BCUT2D eigenvalue weighted by Gasteiger charge is -2.34. The molecule has 10 heteroatoms. The molecule has 174 valence electrons. The smallest absolute Gasteiger partial charge is 0.322 e. The number of aromatic nitrogens is 2. The maximum absolute atomic E-state index is 12.3. The molecule has 0 radical (unpaired) electrons. The van der Waals surface area contributed by atoms with E-state index < -0.39 is 0 Å². The first-order valence-electron chi connectivity index (χ1n) is 10.9. The van der Waals surface area contributed by atoms with Gasteiger partial charge < -0.3 is 14.6 Å². The third kappa shape index (κ3) is 6.58. The molecule has 1 fully saturated rings. The number of amidine groups is 1. The predicted octanol–water partition coefficient (Wildman–Crippen LogP) is 4.44. The van der Waals surface area contributed by atoms with E-state index in [1.807, 2.05) is 32.9 Å². The number of imidazole rings is 1. The Labute approximate surface area is 197 Å². The number of H-pyrrole nitrogens is 1. The first-order chi connectivity index (χ1) is 15.8. The number of urea groups is 1. The molecule has 1 unspecified atom stereocenters. The quantitative estimate of drug-likeness (QED) is 0.292. The zero-order chi connectivity index (χ0) is 24.0. The van der Waals surface area contributed by atoms with Gasteiger partial charge in [-0.3, -0.25) is 16.1 Å². The molecule has 0 aliphatic carbocycles. The van der Waals surface area contributed by atoms with Gasteiger partial charge >= 0.3 is 6.03 Å². The molecule has 1 aromatic carbocycles. The van der Waals surface area contributed by atoms with E-state index in [-0.39, 0.29) is 35.0 Å². The molecule has 1 atom stereocenters. The van der Waals surface area contributed by atoms with Crippen molar-refractivity contribution in [3.8, 4) is 17.3 Å². The molecule has 1 saturated heterocycles. The Morgan fingerprint density at radius 2 is 1.94 bits per heavy atom. The van der Waals surface area contributed by atoms with Gasteiger partial charge in [0.15, 0.2) is 5.16 Å². The number of aromatic amines is 1. The number of likely N-dealkylation sites (tertiary alicyclic amines) is 1. The molecule has 0 bridgehead atoms. The van der Waals surface area contributed by atoms with Crippen LogP contribution in [0.15, 0.2) is 35.6 Å². The van der Waals surface area contributed by atoms with Gasteiger partial charge in [0.1, 0.15) is 11.9 Å². The highest BCUT2D eigenvalue weighted by Crippen LogP contribution is 2.26. The van der Waals surface area contributed by atoms with Crippen LogP contribution in [0.5, 0.6) is 0 Å². The van der Waals surface area contributed by atoms with Gasteiger partial charge in [-0.05, 0) is 37.8 Å². The minimum absolute atomic E-state index is 0.0159. The summed E-state index contributed by atoms with van der Waals surface area (Å²) in [5, 5.41) is 28.2. The van der Waals surface area contributed by atoms with Gasteiger partial charge in [0.25, 0.3) is 5.23 Å². The van der Waals surface area contributed by atoms with Crippen LogP contribution in [0.1, 0.15) is 39.2 Å². The highest BCUT2D eigenvalue weighted by Gasteiger charge is 2.28. The number of nitrogens with one attached hydrogen (secondary N) is 4. The summed E-state index contributed by atoms with van der Waals surface area (Å²) >= 11 is 1.12. The average Bonchev–Trinajstić information content (AvgIpc) is 3.27. The van der Waals surface area contributed by atoms with Crippen LogP contribution >= 0.6 is 11.8 Å². The fraction of sp³-hybridized carbons (Fsp3) is 0.435. The Bertz CT molecular complexity index is 1030. The normalized spacial score (nSPS) is 15.1. The standard InChI is InChI=1S/C23H29N7O2S/c1-14(2)20(25)29-23(31)30-10-8-17(9-11-30)15(3)32-21(26)33-22-27-13-19(28-22)18-6-4-16(12-24)5-7-18/h4-7,13-15,17,26H,8-11H2,1-3H3,(H,27,28)(H2,25,29,31). The summed E-state index contributed by atoms with van der Waals surface area (Å²) in [5.74, 6) is 0.452. The highest BCUT2D eigenvalue weighted by molar-refractivity contribution is 8.13. The van der Waals surface area contributed by atoms with Crippen LogP contribution in [-0.2, 0) is 4.74 Å². The van der Waals surface area contributed by atoms with Crippen molar-refractivity contribution in [2.45, 2.75) is 44.9 Å². The summed E-state index contributed by atoms with van der Waals surface area (Å²) in [7, 11) is 0. The lowest BCUT2D eigenvalue weighted by atomic mass is 9.92. The van der Waals surface area contributed by atoms with Crippen molar-refractivity contribution in [1.82, 2.24) is 20.2 Å². The van der Waals surface area contributed by atoms with Crippen molar-refractivity contribution in [3.05, 3.63) is 36.0 Å². The Morgan fingerprint density at radius 1 is 1.27 bits per heavy atom. The molecule has 2 heterocycles. The van der Waals surface area contributed by atoms with E-state index in [1.54, 1.807) is 23.2 Å². The van der Waals surface area contributed by atoms with Crippen molar-refractivity contribution >= 4 is 28.9 Å². The van der Waals surface area contributed by atoms with Crippen LogP contribution in [0.25, 0.3) is 11.3 Å². The molecular formula is C23H29N7O2S. The Kier molecular flexibility index (Phi) is 8.11. The third-order valence-electron chi connectivity index (χ3n) is 5.66. The fourth-order valence-corrected chi connectivity index (χ4v) is 4.14. The number of carbonyl (C=O) groups is 1. The molecule has 4 N–H and O–H groups in total. The van der Waals surface area contributed by atoms with Crippen molar-refractivity contribution in [3.63, 3.8) is 0 Å². The number of ether oxygens (including phenoxy) is 1. The number of rotatable bonds is 5. The second-order valence-electron chi connectivity index (χ2n) is 8.32. The highest BCUT2D eigenvalue weighted by atomic mass is 32.2. The predicted molar refractivity (Wildman–Crippen MR) is 128 cm³/mol. The Morgan fingerprint density at radius 3 is 2.55 bits per heavy atom. The van der Waals surface area contributed by atoms with E-state index in [0.29, 0.717) is 23.8 Å². The molecule has 0 saturated carbocycles. The van der Waals surface area contributed by atoms with E-state index in [2.05, 4.69) is 21.4 Å². The largest absolute Gasteiger partial charge is 0.470 e. The molecule has 3 rings (SSSR count). The average molecular weight is 468 g/mol. The molecule has 9 nitrogen and oxygen atoms in total. The lowest BCUT2D eigenvalue weighted by Crippen LogP contribution is -2.48. The van der Waals surface area contributed by atoms with Crippen molar-refractivity contribution in [2.75, 3.05) is 13.1 Å². The Hall–Kier alpha value is -3.32. The SMILES string of the molecule is CC(C)C(=N)NC(=O)N1CCC(C(C)OC(=N)Sc2nc(-c3ccc(C#N)cc3)c[nH]2)CC1. The summed E-state index contributed by atoms with van der Waals surface area (Å²) in [6, 6.07) is 9.03. The van der Waals surface area contributed by atoms with E-state index in [9.17, 15) is 4.79 Å². The second-order valence-corrected chi connectivity index (χ2v) is 9.28. The van der Waals surface area contributed by atoms with E-state index in [4.69, 9.17) is 20.8 Å². The number of thioether (sulfide) groups is 1. The minimum Gasteiger partial charge on any atom is -0.470 e. The van der Waals surface area contributed by atoms with E-state index >= 15 is 0 Å². The number of hydrogen-bond acceptors (Lipinski definition) is 7. The van der Waals surface area contributed by atoms with Crippen LogP contribution in [-0.4, -0.2) is 51.2 Å². The van der Waals surface area contributed by atoms with Gasteiger partial charge in [-0.2, -0.15) is 5.26 Å². The Balaban J connectivity index is 1.46. The summed E-state index contributed by atoms with van der Waals surface area (Å²) in [6.07, 6.45) is 3.17. The number of piperidine rings is 1. The van der Waals surface area contributed by atoms with Crippen molar-refractivity contribution in [2.24, 2.45) is 11.8 Å². The molecule has 1 aliphatic rings. The van der Waals surface area contributed by atoms with Gasteiger partial charge in [-0.15, -0.1) is 0 Å². The van der Waals surface area contributed by atoms with Crippen LogP contribution in [0.2, 0.25) is 0 Å². The maximum atomic E-state index is 12.3. The summed E-state index contributed by atoms with van der Waals surface area (Å²) in [4.78, 5) is 21.6. The number of hydrogen-bond donors (Lipinski definition) is 4. The topological polar surface area (TPSA) is 142 Å². The molecule has 2 amide bonds. The lowest BCUT2D eigenvalue weighted by molar-refractivity contribution is 0.0922. The number of benzene rings is 1. The van der Waals surface area contributed by atoms with Gasteiger partial charge in [0.05, 0.1) is 17.3 Å². The van der Waals surface area contributed by atoms with Gasteiger partial charge in [0, 0.05) is 42.5 Å². The second kappa shape index (κ2) is 11.0. The number of nitriles is 1. The maximum Gasteiger partial charge on any atom is 0.322 e. The number of nitrogens with zero attached hydrogens (tertiary/aromatic N) is 3. The third-order valence-corrected chi connectivity index (χ3v) is 6.34. The van der Waals surface area contributed by atoms with Crippen LogP contribution < -0.4 is 5.32 Å². The van der Waals surface area contributed by atoms with Crippen LogP contribution in [0, 0.1) is 34.0 Å². The van der Waals surface area contributed by atoms with Crippen molar-refractivity contribution < 1.29 is 9.53 Å². The molecule has 2 aromatic rings. The summed E-state index contributed by atoms with van der Waals surface area (Å²) < 4.78 is 5.83. The molecule has 1 aliphatic heterocycles. The zero-order valence-electron chi connectivity index (χ0n) is 19.0.